The molecule has 13 heteroatoms. The number of morpholine rings is 1. The highest BCUT2D eigenvalue weighted by molar-refractivity contribution is 9.10. The molecule has 2 aliphatic heterocycles. The molecule has 2 fully saturated rings. The van der Waals surface area contributed by atoms with Crippen LogP contribution in [0.4, 0.5) is 10.5 Å². The number of hydrogen-bond acceptors (Lipinski definition) is 9. The van der Waals surface area contributed by atoms with Crippen LogP contribution in [-0.2, 0) is 20.9 Å². The largest absolute Gasteiger partial charge is 0.490 e. The van der Waals surface area contributed by atoms with Crippen molar-refractivity contribution in [3.63, 3.8) is 0 Å². The summed E-state index contributed by atoms with van der Waals surface area (Å²) in [6.07, 6.45) is 1.56. The lowest BCUT2D eigenvalue weighted by Crippen LogP contribution is -2.46. The van der Waals surface area contributed by atoms with Crippen molar-refractivity contribution in [2.75, 3.05) is 39.5 Å². The van der Waals surface area contributed by atoms with Crippen LogP contribution in [0.5, 0.6) is 11.5 Å². The Morgan fingerprint density at radius 3 is 2.68 bits per heavy atom. The van der Waals surface area contributed by atoms with Crippen LogP contribution >= 0.6 is 27.7 Å². The number of amides is 3. The number of nitro benzene ring substituents is 1. The number of imide groups is 1. The van der Waals surface area contributed by atoms with Crippen molar-refractivity contribution < 1.29 is 33.5 Å². The predicted molar refractivity (Wildman–Crippen MR) is 143 cm³/mol. The average molecular weight is 606 g/mol. The summed E-state index contributed by atoms with van der Waals surface area (Å²) in [6.45, 7) is 3.59. The minimum Gasteiger partial charge on any atom is -0.490 e. The number of hydrogen-bond donors (Lipinski definition) is 0. The first kappa shape index (κ1) is 27.6. The van der Waals surface area contributed by atoms with Gasteiger partial charge in [0.1, 0.15) is 13.2 Å². The van der Waals surface area contributed by atoms with Crippen LogP contribution < -0.4 is 9.47 Å². The van der Waals surface area contributed by atoms with Crippen LogP contribution in [0.2, 0.25) is 0 Å². The van der Waals surface area contributed by atoms with Crippen molar-refractivity contribution in [3.8, 4) is 11.5 Å². The van der Waals surface area contributed by atoms with Gasteiger partial charge in [-0.2, -0.15) is 0 Å². The standard InChI is InChI=1S/C25H24BrN3O8S/c1-2-36-20-12-17(11-19(26)23(20)37-15-16-4-3-5-18(10-16)29(33)34)13-21-24(31)28(25(32)38-21)14-22(30)27-6-8-35-9-7-27/h3-5,10-13H,2,6-9,14-15H2,1H3/b21-13+. The number of carbonyl (C=O) groups excluding carboxylic acids is 3. The summed E-state index contributed by atoms with van der Waals surface area (Å²) in [7, 11) is 0. The number of thioether (sulfide) groups is 1. The third-order valence-electron chi connectivity index (χ3n) is 5.66. The molecule has 3 amide bonds. The Bertz CT molecular complexity index is 1300. The molecule has 2 aliphatic rings. The highest BCUT2D eigenvalue weighted by atomic mass is 79.9. The van der Waals surface area contributed by atoms with E-state index in [1.807, 2.05) is 6.92 Å². The predicted octanol–water partition coefficient (Wildman–Crippen LogP) is 4.23. The quantitative estimate of drug-likeness (QED) is 0.234. The number of non-ortho nitro benzene ring substituents is 1. The highest BCUT2D eigenvalue weighted by Gasteiger charge is 2.37. The molecule has 2 aromatic rings. The molecule has 0 atom stereocenters. The molecule has 0 N–H and O–H groups in total. The Morgan fingerprint density at radius 2 is 1.97 bits per heavy atom. The fraction of sp³-hybridized carbons (Fsp3) is 0.320. The molecular weight excluding hydrogens is 582 g/mol. The van der Waals surface area contributed by atoms with E-state index in [4.69, 9.17) is 14.2 Å². The lowest BCUT2D eigenvalue weighted by Gasteiger charge is -2.28. The molecule has 0 bridgehead atoms. The molecule has 0 saturated carbocycles. The highest BCUT2D eigenvalue weighted by Crippen LogP contribution is 2.40. The molecule has 2 aromatic carbocycles. The molecule has 200 valence electrons. The van der Waals surface area contributed by atoms with Crippen LogP contribution in [0.1, 0.15) is 18.1 Å². The van der Waals surface area contributed by atoms with Crippen molar-refractivity contribution in [1.29, 1.82) is 0 Å². The summed E-state index contributed by atoms with van der Waals surface area (Å²) in [5, 5.41) is 10.5. The van der Waals surface area contributed by atoms with Gasteiger partial charge in [0.25, 0.3) is 16.8 Å². The second-order valence-corrected chi connectivity index (χ2v) is 10.1. The van der Waals surface area contributed by atoms with Gasteiger partial charge in [-0.25, -0.2) is 0 Å². The molecule has 4 rings (SSSR count). The van der Waals surface area contributed by atoms with Gasteiger partial charge in [-0.05, 0) is 64.0 Å². The Morgan fingerprint density at radius 1 is 1.21 bits per heavy atom. The minimum absolute atomic E-state index is 0.0360. The van der Waals surface area contributed by atoms with E-state index in [1.165, 1.54) is 12.1 Å². The summed E-state index contributed by atoms with van der Waals surface area (Å²) < 4.78 is 17.4. The second-order valence-electron chi connectivity index (χ2n) is 8.24. The summed E-state index contributed by atoms with van der Waals surface area (Å²) in [5.74, 6) is -0.0647. The van der Waals surface area contributed by atoms with Crippen molar-refractivity contribution in [2.45, 2.75) is 13.5 Å². The smallest absolute Gasteiger partial charge is 0.294 e. The third-order valence-corrected chi connectivity index (χ3v) is 7.16. The maximum absolute atomic E-state index is 12.9. The van der Waals surface area contributed by atoms with Crippen LogP contribution in [0.3, 0.4) is 0 Å². The maximum Gasteiger partial charge on any atom is 0.294 e. The number of halogens is 1. The zero-order valence-electron chi connectivity index (χ0n) is 20.4. The Kier molecular flexibility index (Phi) is 9.02. The summed E-state index contributed by atoms with van der Waals surface area (Å²) in [5.41, 5.74) is 1.15. The van der Waals surface area contributed by atoms with Gasteiger partial charge in [-0.15, -0.1) is 0 Å². The molecule has 38 heavy (non-hydrogen) atoms. The van der Waals surface area contributed by atoms with Gasteiger partial charge in [0, 0.05) is 25.2 Å². The monoisotopic (exact) mass is 605 g/mol. The van der Waals surface area contributed by atoms with E-state index in [0.717, 1.165) is 16.7 Å². The third kappa shape index (κ3) is 6.52. The Labute approximate surface area is 231 Å². The number of benzene rings is 2. The van der Waals surface area contributed by atoms with Crippen LogP contribution in [0.15, 0.2) is 45.8 Å². The first-order valence-corrected chi connectivity index (χ1v) is 13.3. The SMILES string of the molecule is CCOc1cc(/C=C2/SC(=O)N(CC(=O)N3CCOCC3)C2=O)cc(Br)c1OCc1cccc([N+](=O)[O-])c1. The zero-order valence-corrected chi connectivity index (χ0v) is 22.8. The van der Waals surface area contributed by atoms with E-state index in [9.17, 15) is 24.5 Å². The lowest BCUT2D eigenvalue weighted by molar-refractivity contribution is -0.384. The van der Waals surface area contributed by atoms with Crippen molar-refractivity contribution in [1.82, 2.24) is 9.80 Å². The van der Waals surface area contributed by atoms with Crippen molar-refractivity contribution in [3.05, 3.63) is 67.0 Å². The van der Waals surface area contributed by atoms with Gasteiger partial charge in [-0.3, -0.25) is 29.4 Å². The van der Waals surface area contributed by atoms with Crippen LogP contribution in [0.25, 0.3) is 6.08 Å². The number of ether oxygens (including phenoxy) is 3. The number of nitrogens with zero attached hydrogens (tertiary/aromatic N) is 3. The fourth-order valence-electron chi connectivity index (χ4n) is 3.83. The van der Waals surface area contributed by atoms with Crippen LogP contribution in [-0.4, -0.2) is 71.2 Å². The average Bonchev–Trinajstić information content (AvgIpc) is 3.16. The van der Waals surface area contributed by atoms with Crippen molar-refractivity contribution in [2.24, 2.45) is 0 Å². The number of nitro groups is 1. The molecular formula is C25H24BrN3O8S. The molecule has 2 saturated heterocycles. The van der Waals surface area contributed by atoms with Gasteiger partial charge in [-0.1, -0.05) is 12.1 Å². The molecule has 0 aromatic heterocycles. The van der Waals surface area contributed by atoms with Crippen LogP contribution in [0, 0.1) is 10.1 Å². The number of carbonyl (C=O) groups is 3. The molecule has 2 heterocycles. The summed E-state index contributed by atoms with van der Waals surface area (Å²) in [4.78, 5) is 51.3. The topological polar surface area (TPSA) is 129 Å². The first-order chi connectivity index (χ1) is 18.3. The van der Waals surface area contributed by atoms with Gasteiger partial charge >= 0.3 is 0 Å². The van der Waals surface area contributed by atoms with Gasteiger partial charge < -0.3 is 19.1 Å². The van der Waals surface area contributed by atoms with E-state index >= 15 is 0 Å². The Hall–Kier alpha value is -3.42. The lowest BCUT2D eigenvalue weighted by atomic mass is 10.1. The van der Waals surface area contributed by atoms with E-state index in [0.29, 0.717) is 60.0 Å². The van der Waals surface area contributed by atoms with E-state index in [2.05, 4.69) is 15.9 Å². The van der Waals surface area contributed by atoms with E-state index < -0.39 is 16.1 Å². The molecule has 0 radical (unpaired) electrons. The second kappa shape index (κ2) is 12.4. The Balaban J connectivity index is 1.50. The fourth-order valence-corrected chi connectivity index (χ4v) is 5.24. The van der Waals surface area contributed by atoms with Gasteiger partial charge in [0.2, 0.25) is 5.91 Å². The van der Waals surface area contributed by atoms with E-state index in [-0.39, 0.29) is 29.7 Å². The summed E-state index contributed by atoms with van der Waals surface area (Å²) in [6, 6.07) is 9.51. The molecule has 0 unspecified atom stereocenters. The van der Waals surface area contributed by atoms with Crippen molar-refractivity contribution >= 4 is 56.5 Å². The first-order valence-electron chi connectivity index (χ1n) is 11.7. The van der Waals surface area contributed by atoms with Gasteiger partial charge in [0.15, 0.2) is 11.5 Å². The van der Waals surface area contributed by atoms with Gasteiger partial charge in [0.05, 0.1) is 34.1 Å². The molecule has 0 aliphatic carbocycles. The maximum atomic E-state index is 12.9. The number of rotatable bonds is 9. The normalized spacial score (nSPS) is 16.7. The summed E-state index contributed by atoms with van der Waals surface area (Å²) >= 11 is 4.24. The molecule has 0 spiro atoms. The van der Waals surface area contributed by atoms with E-state index in [1.54, 1.807) is 35.2 Å². The molecule has 11 nitrogen and oxygen atoms in total. The minimum atomic E-state index is -0.540. The zero-order chi connectivity index (χ0) is 27.2.